The summed E-state index contributed by atoms with van der Waals surface area (Å²) in [6.07, 6.45) is 0. The van der Waals surface area contributed by atoms with Gasteiger partial charge < -0.3 is 10.5 Å². The van der Waals surface area contributed by atoms with E-state index in [9.17, 15) is 13.2 Å². The van der Waals surface area contributed by atoms with E-state index >= 15 is 0 Å². The van der Waals surface area contributed by atoms with Gasteiger partial charge in [-0.25, -0.2) is 18.6 Å². The zero-order valence-corrected chi connectivity index (χ0v) is 13.0. The lowest BCUT2D eigenvalue weighted by molar-refractivity contribution is 0.0730. The number of amides is 2. The van der Waals surface area contributed by atoms with Gasteiger partial charge in [0, 0.05) is 13.1 Å². The lowest BCUT2D eigenvalue weighted by Crippen LogP contribution is -2.40. The monoisotopic (exact) mass is 326 g/mol. The smallest absolute Gasteiger partial charge is 0.332 e. The van der Waals surface area contributed by atoms with Gasteiger partial charge in [-0.05, 0) is 24.6 Å². The number of rotatable bonds is 4. The number of morpholine rings is 1. The van der Waals surface area contributed by atoms with Crippen LogP contribution in [0.2, 0.25) is 0 Å². The lowest BCUT2D eigenvalue weighted by atomic mass is 10.1. The van der Waals surface area contributed by atoms with Crippen LogP contribution in [0.15, 0.2) is 34.3 Å². The minimum Gasteiger partial charge on any atom is -0.379 e. The van der Waals surface area contributed by atoms with Crippen LogP contribution >= 0.6 is 0 Å². The predicted octanol–water partition coefficient (Wildman–Crippen LogP) is 0.0998. The molecule has 3 N–H and O–H groups in total. The maximum atomic E-state index is 12.5. The van der Waals surface area contributed by atoms with E-state index in [-0.39, 0.29) is 4.90 Å². The van der Waals surface area contributed by atoms with Crippen molar-refractivity contribution >= 4 is 21.8 Å². The largest absolute Gasteiger partial charge is 0.379 e. The molecule has 9 heteroatoms. The number of benzene rings is 1. The number of hydrogen-bond acceptors (Lipinski definition) is 5. The quantitative estimate of drug-likeness (QED) is 0.603. The minimum absolute atomic E-state index is 0.216. The molecular weight excluding hydrogens is 308 g/mol. The first kappa shape index (κ1) is 16.4. The molecule has 1 aliphatic rings. The van der Waals surface area contributed by atoms with Crippen molar-refractivity contribution in [3.8, 4) is 0 Å². The molecule has 0 saturated carbocycles. The number of carbonyl (C=O) groups is 1. The molecule has 1 aromatic rings. The molecule has 0 bridgehead atoms. The fourth-order valence-electron chi connectivity index (χ4n) is 2.01. The van der Waals surface area contributed by atoms with Crippen LogP contribution in [0.25, 0.3) is 0 Å². The van der Waals surface area contributed by atoms with Gasteiger partial charge >= 0.3 is 6.03 Å². The first-order chi connectivity index (χ1) is 10.4. The van der Waals surface area contributed by atoms with Crippen molar-refractivity contribution in [3.05, 3.63) is 29.8 Å². The minimum atomic E-state index is -3.51. The summed E-state index contributed by atoms with van der Waals surface area (Å²) in [6.45, 7) is 3.20. The number of primary amides is 1. The fraction of sp³-hybridized carbons (Fsp3) is 0.385. The summed E-state index contributed by atoms with van der Waals surface area (Å²) in [7, 11) is -3.51. The first-order valence-electron chi connectivity index (χ1n) is 6.69. The van der Waals surface area contributed by atoms with Gasteiger partial charge in [0.15, 0.2) is 0 Å². The van der Waals surface area contributed by atoms with Crippen molar-refractivity contribution in [2.75, 3.05) is 26.3 Å². The molecule has 2 amide bonds. The Labute approximate surface area is 129 Å². The second-order valence-corrected chi connectivity index (χ2v) is 6.65. The number of urea groups is 1. The van der Waals surface area contributed by atoms with Crippen LogP contribution in [0, 0.1) is 0 Å². The van der Waals surface area contributed by atoms with E-state index in [1.165, 1.54) is 16.4 Å². The Morgan fingerprint density at radius 2 is 1.86 bits per heavy atom. The van der Waals surface area contributed by atoms with E-state index in [1.54, 1.807) is 19.1 Å². The normalized spacial score (nSPS) is 17.2. The molecule has 0 unspecified atom stereocenters. The van der Waals surface area contributed by atoms with Gasteiger partial charge in [0.2, 0.25) is 10.0 Å². The van der Waals surface area contributed by atoms with Crippen molar-refractivity contribution in [2.45, 2.75) is 11.8 Å². The van der Waals surface area contributed by atoms with Gasteiger partial charge in [0.25, 0.3) is 0 Å². The Balaban J connectivity index is 2.17. The van der Waals surface area contributed by atoms with Crippen LogP contribution in [0.3, 0.4) is 0 Å². The number of hydrazone groups is 1. The van der Waals surface area contributed by atoms with Crippen LogP contribution in [-0.2, 0) is 14.8 Å². The average molecular weight is 326 g/mol. The molecule has 0 aromatic heterocycles. The molecule has 0 aliphatic carbocycles. The number of carbonyl (C=O) groups excluding carboxylic acids is 1. The van der Waals surface area contributed by atoms with Gasteiger partial charge in [-0.15, -0.1) is 0 Å². The maximum absolute atomic E-state index is 12.5. The summed E-state index contributed by atoms with van der Waals surface area (Å²) >= 11 is 0. The first-order valence-corrected chi connectivity index (χ1v) is 8.13. The number of sulfonamides is 1. The molecule has 0 radical (unpaired) electrons. The standard InChI is InChI=1S/C13H18N4O4S/c1-10(15-16-13(14)18)11-2-4-12(5-3-11)22(19,20)17-6-8-21-9-7-17/h2-5H,6-9H2,1H3,(H3,14,16,18)/b15-10+. The third-order valence-electron chi connectivity index (χ3n) is 3.21. The van der Waals surface area contributed by atoms with Crippen molar-refractivity contribution in [2.24, 2.45) is 10.8 Å². The molecule has 0 spiro atoms. The zero-order chi connectivity index (χ0) is 16.2. The highest BCUT2D eigenvalue weighted by atomic mass is 32.2. The molecule has 1 aliphatic heterocycles. The van der Waals surface area contributed by atoms with Crippen LogP contribution < -0.4 is 11.2 Å². The number of nitrogens with zero attached hydrogens (tertiary/aromatic N) is 2. The Morgan fingerprint density at radius 3 is 2.41 bits per heavy atom. The SMILES string of the molecule is C/C(=N\NC(N)=O)c1ccc(S(=O)(=O)N2CCOCC2)cc1. The summed E-state index contributed by atoms with van der Waals surface area (Å²) in [4.78, 5) is 10.8. The van der Waals surface area contributed by atoms with Crippen molar-refractivity contribution in [1.29, 1.82) is 0 Å². The summed E-state index contributed by atoms with van der Waals surface area (Å²) in [5.41, 5.74) is 8.27. The van der Waals surface area contributed by atoms with Crippen molar-refractivity contribution in [3.63, 3.8) is 0 Å². The van der Waals surface area contributed by atoms with E-state index < -0.39 is 16.1 Å². The van der Waals surface area contributed by atoms with Crippen LogP contribution in [0.1, 0.15) is 12.5 Å². The van der Waals surface area contributed by atoms with Crippen molar-refractivity contribution in [1.82, 2.24) is 9.73 Å². The van der Waals surface area contributed by atoms with E-state index in [1.807, 2.05) is 0 Å². The Morgan fingerprint density at radius 1 is 1.27 bits per heavy atom. The molecular formula is C13H18N4O4S. The fourth-order valence-corrected chi connectivity index (χ4v) is 3.42. The molecule has 0 atom stereocenters. The number of nitrogens with two attached hydrogens (primary N) is 1. The van der Waals surface area contributed by atoms with Crippen LogP contribution in [0.4, 0.5) is 4.79 Å². The van der Waals surface area contributed by atoms with E-state index in [0.29, 0.717) is 37.6 Å². The Bertz CT molecular complexity index is 664. The Kier molecular flexibility index (Phi) is 5.11. The van der Waals surface area contributed by atoms with Crippen LogP contribution in [0.5, 0.6) is 0 Å². The van der Waals surface area contributed by atoms with Gasteiger partial charge in [0.1, 0.15) is 0 Å². The second kappa shape index (κ2) is 6.86. The second-order valence-electron chi connectivity index (χ2n) is 4.71. The molecule has 8 nitrogen and oxygen atoms in total. The summed E-state index contributed by atoms with van der Waals surface area (Å²) < 4.78 is 31.5. The summed E-state index contributed by atoms with van der Waals surface area (Å²) in [5, 5.41) is 3.79. The molecule has 1 aromatic carbocycles. The van der Waals surface area contributed by atoms with Gasteiger partial charge in [0.05, 0.1) is 23.8 Å². The molecule has 1 heterocycles. The third-order valence-corrected chi connectivity index (χ3v) is 5.13. The van der Waals surface area contributed by atoms with Gasteiger partial charge in [-0.3, -0.25) is 0 Å². The van der Waals surface area contributed by atoms with E-state index in [4.69, 9.17) is 10.5 Å². The highest BCUT2D eigenvalue weighted by Crippen LogP contribution is 2.17. The zero-order valence-electron chi connectivity index (χ0n) is 12.2. The molecule has 1 saturated heterocycles. The highest BCUT2D eigenvalue weighted by molar-refractivity contribution is 7.89. The van der Waals surface area contributed by atoms with Crippen LogP contribution in [-0.4, -0.2) is 50.8 Å². The predicted molar refractivity (Wildman–Crippen MR) is 80.9 cm³/mol. The molecule has 2 rings (SSSR count). The third kappa shape index (κ3) is 3.81. The van der Waals surface area contributed by atoms with Gasteiger partial charge in [-0.2, -0.15) is 9.41 Å². The summed E-state index contributed by atoms with van der Waals surface area (Å²) in [6, 6.07) is 5.54. The van der Waals surface area contributed by atoms with E-state index in [0.717, 1.165) is 0 Å². The molecule has 1 fully saturated rings. The topological polar surface area (TPSA) is 114 Å². The lowest BCUT2D eigenvalue weighted by Gasteiger charge is -2.26. The van der Waals surface area contributed by atoms with Crippen molar-refractivity contribution < 1.29 is 17.9 Å². The number of hydrogen-bond donors (Lipinski definition) is 2. The highest BCUT2D eigenvalue weighted by Gasteiger charge is 2.26. The number of nitrogens with one attached hydrogen (secondary N) is 1. The average Bonchev–Trinajstić information content (AvgIpc) is 2.53. The summed E-state index contributed by atoms with van der Waals surface area (Å²) in [5.74, 6) is 0. The molecule has 22 heavy (non-hydrogen) atoms. The Hall–Kier alpha value is -1.97. The van der Waals surface area contributed by atoms with E-state index in [2.05, 4.69) is 10.5 Å². The maximum Gasteiger partial charge on any atom is 0.332 e. The van der Waals surface area contributed by atoms with Gasteiger partial charge in [-0.1, -0.05) is 12.1 Å². The molecule has 120 valence electrons. The number of ether oxygens (including phenoxy) is 1.